The second-order valence-electron chi connectivity index (χ2n) is 5.35. The Kier molecular flexibility index (Phi) is 4.24. The fourth-order valence-corrected chi connectivity index (χ4v) is 4.13. The fourth-order valence-electron chi connectivity index (χ4n) is 2.58. The lowest BCUT2D eigenvalue weighted by molar-refractivity contribution is -0.137. The molecule has 0 bridgehead atoms. The van der Waals surface area contributed by atoms with Gasteiger partial charge in [-0.2, -0.15) is 19.7 Å². The van der Waals surface area contributed by atoms with Crippen LogP contribution in [0.1, 0.15) is 11.7 Å². The van der Waals surface area contributed by atoms with Gasteiger partial charge < -0.3 is 9.64 Å². The minimum Gasteiger partial charge on any atom is -0.497 e. The first kappa shape index (κ1) is 16.4. The van der Waals surface area contributed by atoms with E-state index in [2.05, 4.69) is 15.4 Å². The number of nitrogens with zero attached hydrogens (tertiary/aromatic N) is 4. The predicted octanol–water partition coefficient (Wildman–Crippen LogP) is 0.0173. The van der Waals surface area contributed by atoms with Crippen molar-refractivity contribution in [3.63, 3.8) is 0 Å². The summed E-state index contributed by atoms with van der Waals surface area (Å²) in [6.45, 7) is 0.483. The first-order valence-electron chi connectivity index (χ1n) is 7.21. The van der Waals surface area contributed by atoms with Crippen LogP contribution in [0.15, 0.2) is 35.4 Å². The summed E-state index contributed by atoms with van der Waals surface area (Å²) in [6.07, 6.45) is 1.36. The number of hydrogen-bond donors (Lipinski definition) is 1. The zero-order valence-electron chi connectivity index (χ0n) is 13.2. The molecule has 2 heterocycles. The van der Waals surface area contributed by atoms with Gasteiger partial charge in [-0.25, -0.2) is 8.42 Å². The number of aromatic nitrogens is 3. The van der Waals surface area contributed by atoms with Crippen molar-refractivity contribution < 1.29 is 17.9 Å². The largest absolute Gasteiger partial charge is 0.497 e. The SMILES string of the molecule is COc1ccc(S(=O)(=O)N2CCN(C)C(=O)C2c2cn[nH]n2)cc1. The molecule has 1 unspecified atom stereocenters. The van der Waals surface area contributed by atoms with Crippen molar-refractivity contribution in [3.05, 3.63) is 36.2 Å². The van der Waals surface area contributed by atoms with Crippen LogP contribution in [0.25, 0.3) is 0 Å². The summed E-state index contributed by atoms with van der Waals surface area (Å²) in [5, 5.41) is 10.0. The quantitative estimate of drug-likeness (QED) is 0.832. The highest BCUT2D eigenvalue weighted by atomic mass is 32.2. The minimum absolute atomic E-state index is 0.0918. The topological polar surface area (TPSA) is 108 Å². The smallest absolute Gasteiger partial charge is 0.247 e. The van der Waals surface area contributed by atoms with Crippen LogP contribution in [0.2, 0.25) is 0 Å². The molecule has 1 atom stereocenters. The van der Waals surface area contributed by atoms with E-state index >= 15 is 0 Å². The monoisotopic (exact) mass is 351 g/mol. The first-order chi connectivity index (χ1) is 11.4. The van der Waals surface area contributed by atoms with E-state index < -0.39 is 16.1 Å². The molecule has 24 heavy (non-hydrogen) atoms. The van der Waals surface area contributed by atoms with Crippen LogP contribution in [-0.2, 0) is 14.8 Å². The van der Waals surface area contributed by atoms with Crippen molar-refractivity contribution in [1.82, 2.24) is 24.6 Å². The number of benzene rings is 1. The lowest BCUT2D eigenvalue weighted by Gasteiger charge is -2.37. The van der Waals surface area contributed by atoms with Gasteiger partial charge in [-0.15, -0.1) is 0 Å². The zero-order chi connectivity index (χ0) is 17.3. The third-order valence-electron chi connectivity index (χ3n) is 3.93. The molecular formula is C14H17N5O4S. The Bertz CT molecular complexity index is 819. The number of methoxy groups -OCH3 is 1. The molecule has 2 aromatic rings. The van der Waals surface area contributed by atoms with Gasteiger partial charge in [-0.1, -0.05) is 0 Å². The molecule has 1 aromatic heterocycles. The summed E-state index contributed by atoms with van der Waals surface area (Å²) in [5.41, 5.74) is 0.267. The van der Waals surface area contributed by atoms with E-state index in [-0.39, 0.29) is 23.0 Å². The van der Waals surface area contributed by atoms with E-state index in [1.807, 2.05) is 0 Å². The molecule has 0 aliphatic carbocycles. The number of hydrogen-bond acceptors (Lipinski definition) is 6. The van der Waals surface area contributed by atoms with Gasteiger partial charge in [0.25, 0.3) is 0 Å². The molecular weight excluding hydrogens is 334 g/mol. The number of rotatable bonds is 4. The molecule has 128 valence electrons. The van der Waals surface area contributed by atoms with Crippen LogP contribution in [0.3, 0.4) is 0 Å². The van der Waals surface area contributed by atoms with Crippen LogP contribution in [-0.4, -0.2) is 66.2 Å². The van der Waals surface area contributed by atoms with Gasteiger partial charge >= 0.3 is 0 Å². The summed E-state index contributed by atoms with van der Waals surface area (Å²) in [5.74, 6) is 0.212. The average Bonchev–Trinajstić information content (AvgIpc) is 3.11. The maximum atomic E-state index is 13.0. The Morgan fingerprint density at radius 2 is 1.96 bits per heavy atom. The van der Waals surface area contributed by atoms with Gasteiger partial charge in [0.15, 0.2) is 0 Å². The van der Waals surface area contributed by atoms with E-state index in [0.29, 0.717) is 12.3 Å². The van der Waals surface area contributed by atoms with Crippen molar-refractivity contribution in [2.24, 2.45) is 0 Å². The normalized spacial score (nSPS) is 19.5. The lowest BCUT2D eigenvalue weighted by atomic mass is 10.1. The highest BCUT2D eigenvalue weighted by molar-refractivity contribution is 7.89. The molecule has 0 radical (unpaired) electrons. The summed E-state index contributed by atoms with van der Waals surface area (Å²) in [4.78, 5) is 14.1. The van der Waals surface area contributed by atoms with Gasteiger partial charge in [0.05, 0.1) is 18.2 Å². The van der Waals surface area contributed by atoms with E-state index in [1.54, 1.807) is 19.2 Å². The molecule has 1 N–H and O–H groups in total. The maximum absolute atomic E-state index is 13.0. The summed E-state index contributed by atoms with van der Waals surface area (Å²) in [7, 11) is -0.735. The molecule has 0 spiro atoms. The van der Waals surface area contributed by atoms with Gasteiger partial charge in [0.2, 0.25) is 15.9 Å². The molecule has 1 amide bonds. The Labute approximate surface area is 139 Å². The Balaban J connectivity index is 2.02. The molecule has 1 aliphatic heterocycles. The summed E-state index contributed by atoms with van der Waals surface area (Å²) >= 11 is 0. The third kappa shape index (κ3) is 2.74. The van der Waals surface area contributed by atoms with Crippen LogP contribution in [0, 0.1) is 0 Å². The number of H-pyrrole nitrogens is 1. The third-order valence-corrected chi connectivity index (χ3v) is 5.81. The number of piperazine rings is 1. The number of carbonyl (C=O) groups is 1. The number of nitrogens with one attached hydrogen (secondary N) is 1. The molecule has 1 saturated heterocycles. The Morgan fingerprint density at radius 1 is 1.25 bits per heavy atom. The van der Waals surface area contributed by atoms with E-state index in [9.17, 15) is 13.2 Å². The second-order valence-corrected chi connectivity index (χ2v) is 7.24. The van der Waals surface area contributed by atoms with Crippen LogP contribution in [0.5, 0.6) is 5.75 Å². The number of aromatic amines is 1. The number of ether oxygens (including phenoxy) is 1. The van der Waals surface area contributed by atoms with Gasteiger partial charge in [0.1, 0.15) is 17.5 Å². The number of carbonyl (C=O) groups excluding carboxylic acids is 1. The lowest BCUT2D eigenvalue weighted by Crippen LogP contribution is -2.52. The van der Waals surface area contributed by atoms with E-state index in [0.717, 1.165) is 4.31 Å². The highest BCUT2D eigenvalue weighted by Gasteiger charge is 2.42. The number of likely N-dealkylation sites (N-methyl/N-ethyl adjacent to an activating group) is 1. The van der Waals surface area contributed by atoms with Crippen molar-refractivity contribution in [2.45, 2.75) is 10.9 Å². The zero-order valence-corrected chi connectivity index (χ0v) is 14.0. The van der Waals surface area contributed by atoms with Gasteiger partial charge in [-0.3, -0.25) is 4.79 Å². The van der Waals surface area contributed by atoms with Crippen LogP contribution in [0.4, 0.5) is 0 Å². The van der Waals surface area contributed by atoms with Crippen molar-refractivity contribution in [2.75, 3.05) is 27.2 Å². The summed E-state index contributed by atoms with van der Waals surface area (Å²) in [6, 6.07) is 5.01. The summed E-state index contributed by atoms with van der Waals surface area (Å²) < 4.78 is 32.2. The first-order valence-corrected chi connectivity index (χ1v) is 8.65. The van der Waals surface area contributed by atoms with Gasteiger partial charge in [0, 0.05) is 20.1 Å². The molecule has 9 nitrogen and oxygen atoms in total. The molecule has 3 rings (SSSR count). The van der Waals surface area contributed by atoms with E-state index in [4.69, 9.17) is 4.74 Å². The molecule has 0 saturated carbocycles. The van der Waals surface area contributed by atoms with Crippen molar-refractivity contribution in [1.29, 1.82) is 0 Å². The Morgan fingerprint density at radius 3 is 2.54 bits per heavy atom. The van der Waals surface area contributed by atoms with E-state index in [1.165, 1.54) is 30.3 Å². The fraction of sp³-hybridized carbons (Fsp3) is 0.357. The van der Waals surface area contributed by atoms with Gasteiger partial charge in [-0.05, 0) is 24.3 Å². The molecule has 1 aliphatic rings. The van der Waals surface area contributed by atoms with Crippen molar-refractivity contribution >= 4 is 15.9 Å². The Hall–Kier alpha value is -2.46. The van der Waals surface area contributed by atoms with Crippen LogP contribution >= 0.6 is 0 Å². The number of amides is 1. The predicted molar refractivity (Wildman–Crippen MR) is 83.6 cm³/mol. The highest BCUT2D eigenvalue weighted by Crippen LogP contribution is 2.31. The molecule has 10 heteroatoms. The molecule has 1 fully saturated rings. The minimum atomic E-state index is -3.87. The number of sulfonamides is 1. The van der Waals surface area contributed by atoms with Crippen molar-refractivity contribution in [3.8, 4) is 5.75 Å². The average molecular weight is 351 g/mol. The maximum Gasteiger partial charge on any atom is 0.247 e. The molecule has 1 aromatic carbocycles. The second kappa shape index (κ2) is 6.21. The standard InChI is InChI=1S/C14H17N5O4S/c1-18-7-8-19(13(14(18)20)12-9-15-17-16-12)24(21,22)11-5-3-10(23-2)4-6-11/h3-6,9,13H,7-8H2,1-2H3,(H,15,16,17). The van der Waals surface area contributed by atoms with Crippen LogP contribution < -0.4 is 4.74 Å².